The molecule has 4 nitrogen and oxygen atoms in total. The lowest BCUT2D eigenvalue weighted by molar-refractivity contribution is -0.971. The average molecular weight is 483 g/mol. The summed E-state index contributed by atoms with van der Waals surface area (Å²) < 4.78 is 0.312. The Balaban J connectivity index is 1.33. The zero-order valence-corrected chi connectivity index (χ0v) is 23.4. The third-order valence-corrected chi connectivity index (χ3v) is 13.9. The molecule has 0 N–H and O–H groups in total. The Morgan fingerprint density at radius 1 is 0.656 bits per heavy atom. The summed E-state index contributed by atoms with van der Waals surface area (Å²) in [4.78, 5) is 1.52. The monoisotopic (exact) mass is 482 g/mol. The molecule has 0 bridgehead atoms. The van der Waals surface area contributed by atoms with E-state index in [-0.39, 0.29) is 19.0 Å². The van der Waals surface area contributed by atoms with Gasteiger partial charge in [0.05, 0.1) is 9.49 Å². The van der Waals surface area contributed by atoms with E-state index in [0.717, 1.165) is 21.6 Å². The smallest absolute Gasteiger partial charge is 0.235 e. The van der Waals surface area contributed by atoms with Crippen LogP contribution in [0.1, 0.15) is 107 Å². The van der Waals surface area contributed by atoms with Crippen molar-refractivity contribution in [1.82, 2.24) is 0 Å². The summed E-state index contributed by atoms with van der Waals surface area (Å²) in [6.07, 6.45) is 9.75. The second kappa shape index (κ2) is 7.70. The van der Waals surface area contributed by atoms with Gasteiger partial charge in [0, 0.05) is 19.2 Å². The third kappa shape index (κ3) is 4.33. The maximum absolute atomic E-state index is 12.9. The summed E-state index contributed by atoms with van der Waals surface area (Å²) in [5.74, 6) is 1.55. The van der Waals surface area contributed by atoms with Crippen LogP contribution < -0.4 is 0 Å². The summed E-state index contributed by atoms with van der Waals surface area (Å²) in [5.41, 5.74) is 0.737. The molecule has 4 aliphatic rings. The maximum Gasteiger partial charge on any atom is 0.235 e. The summed E-state index contributed by atoms with van der Waals surface area (Å²) in [6.45, 7) is 19.2. The molecule has 2 atom stereocenters. The van der Waals surface area contributed by atoms with Crippen molar-refractivity contribution in [3.8, 4) is 0 Å². The van der Waals surface area contributed by atoms with Crippen LogP contribution in [-0.4, -0.2) is 41.8 Å². The molecule has 2 unspecified atom stereocenters. The highest BCUT2D eigenvalue weighted by molar-refractivity contribution is 8.10. The first-order valence-electron chi connectivity index (χ1n) is 12.8. The third-order valence-electron chi connectivity index (χ3n) is 9.84. The number of hydrogen-bond acceptors (Lipinski definition) is 4. The molecule has 32 heavy (non-hydrogen) atoms. The van der Waals surface area contributed by atoms with E-state index in [1.807, 2.05) is 23.5 Å². The van der Waals surface area contributed by atoms with E-state index in [4.69, 9.17) is 0 Å². The van der Waals surface area contributed by atoms with Crippen molar-refractivity contribution < 1.29 is 9.72 Å². The summed E-state index contributed by atoms with van der Waals surface area (Å²) in [7, 11) is 0. The predicted octanol–water partition coefficient (Wildman–Crippen LogP) is 7.42. The van der Waals surface area contributed by atoms with Crippen molar-refractivity contribution in [2.24, 2.45) is 22.7 Å². The van der Waals surface area contributed by atoms with Crippen LogP contribution in [0.5, 0.6) is 0 Å². The van der Waals surface area contributed by atoms with E-state index in [1.165, 1.54) is 51.4 Å². The Labute approximate surface area is 204 Å². The minimum absolute atomic E-state index is 0.0691. The van der Waals surface area contributed by atoms with Crippen molar-refractivity contribution in [3.63, 3.8) is 0 Å². The van der Waals surface area contributed by atoms with Gasteiger partial charge in [-0.3, -0.25) is 0 Å². The van der Waals surface area contributed by atoms with Gasteiger partial charge in [0.25, 0.3) is 0 Å². The van der Waals surface area contributed by atoms with Crippen LogP contribution in [0.15, 0.2) is 0 Å². The Morgan fingerprint density at radius 2 is 0.938 bits per heavy atom. The van der Waals surface area contributed by atoms with Crippen molar-refractivity contribution in [2.75, 3.05) is 13.1 Å². The minimum Gasteiger partial charge on any atom is -0.567 e. The molecule has 6 heteroatoms. The Bertz CT molecular complexity index is 704. The van der Waals surface area contributed by atoms with Crippen LogP contribution >= 0.6 is 23.5 Å². The molecular weight excluding hydrogens is 436 g/mol. The lowest BCUT2D eigenvalue weighted by atomic mass is 9.67. The second-order valence-corrected chi connectivity index (χ2v) is 17.7. The van der Waals surface area contributed by atoms with Crippen molar-refractivity contribution in [2.45, 2.75) is 126 Å². The predicted molar refractivity (Wildman–Crippen MR) is 137 cm³/mol. The zero-order chi connectivity index (χ0) is 23.8. The first-order valence-corrected chi connectivity index (χ1v) is 14.5. The van der Waals surface area contributed by atoms with Gasteiger partial charge in [0.15, 0.2) is 0 Å². The van der Waals surface area contributed by atoms with Crippen molar-refractivity contribution in [1.29, 1.82) is 0 Å². The molecule has 4 rings (SSSR count). The van der Waals surface area contributed by atoms with Gasteiger partial charge in [0.2, 0.25) is 13.1 Å². The van der Waals surface area contributed by atoms with E-state index < -0.39 is 0 Å². The molecule has 2 heterocycles. The molecular formula is C26H46N2O2S2. The highest BCUT2D eigenvalue weighted by Gasteiger charge is 2.71. The standard InChI is InChI=1S/C26H46N2O2S2/c1-21(2,3)19-9-13-25(14-10-19)23(7,31-25)17-27(29)28(30)18-24(8)26(32-24)15-11-20(12-16-26)22(4,5)6/h19-20H,9-18H2,1-8H3/b28-27+. The van der Waals surface area contributed by atoms with Crippen molar-refractivity contribution in [3.05, 3.63) is 10.4 Å². The van der Waals surface area contributed by atoms with Gasteiger partial charge in [-0.25, -0.2) is 0 Å². The lowest BCUT2D eigenvalue weighted by Crippen LogP contribution is -2.40. The zero-order valence-electron chi connectivity index (χ0n) is 21.8. The van der Waals surface area contributed by atoms with Gasteiger partial charge in [-0.2, -0.15) is 0 Å². The largest absolute Gasteiger partial charge is 0.567 e. The average Bonchev–Trinajstić information content (AvgIpc) is 3.43. The van der Waals surface area contributed by atoms with E-state index in [2.05, 4.69) is 55.4 Å². The molecule has 0 amide bonds. The Kier molecular flexibility index (Phi) is 6.02. The van der Waals surface area contributed by atoms with Gasteiger partial charge < -0.3 is 10.4 Å². The fraction of sp³-hybridized carbons (Fsp3) is 1.00. The number of hydrogen-bond donors (Lipinski definition) is 0. The molecule has 0 radical (unpaired) electrons. The SMILES string of the molecule is CC(C)(C)C1CCC2(CC1)SC2(C)C/[N+]([O-])=[N+](\[O-])CC1(C)SC12CCC(C(C)(C)C)CC2. The van der Waals surface area contributed by atoms with Gasteiger partial charge in [-0.1, -0.05) is 41.5 Å². The van der Waals surface area contributed by atoms with Crippen LogP contribution in [0.25, 0.3) is 0 Å². The highest BCUT2D eigenvalue weighted by Crippen LogP contribution is 2.72. The Hall–Kier alpha value is -0.100. The molecule has 4 fully saturated rings. The maximum atomic E-state index is 12.9. The molecule has 0 aromatic heterocycles. The molecule has 2 spiro atoms. The molecule has 2 saturated heterocycles. The van der Waals surface area contributed by atoms with Gasteiger partial charge in [-0.05, 0) is 87.9 Å². The van der Waals surface area contributed by atoms with Gasteiger partial charge in [0.1, 0.15) is 0 Å². The molecule has 2 aliphatic carbocycles. The van der Waals surface area contributed by atoms with Gasteiger partial charge >= 0.3 is 0 Å². The number of hydroxylamine groups is 2. The Morgan fingerprint density at radius 3 is 1.19 bits per heavy atom. The lowest BCUT2D eigenvalue weighted by Gasteiger charge is -2.37. The fourth-order valence-corrected chi connectivity index (χ4v) is 10.4. The number of thioether (sulfide) groups is 2. The van der Waals surface area contributed by atoms with E-state index in [1.54, 1.807) is 0 Å². The van der Waals surface area contributed by atoms with E-state index in [9.17, 15) is 10.4 Å². The topological polar surface area (TPSA) is 52.1 Å². The first-order chi connectivity index (χ1) is 14.6. The normalized spacial score (nSPS) is 45.1. The number of azo groups is 1. The van der Waals surface area contributed by atoms with E-state index in [0.29, 0.717) is 23.9 Å². The first kappa shape index (κ1) is 25.0. The fourth-order valence-electron chi connectivity index (χ4n) is 7.00. The van der Waals surface area contributed by atoms with E-state index >= 15 is 0 Å². The van der Waals surface area contributed by atoms with Crippen LogP contribution in [0.4, 0.5) is 0 Å². The second-order valence-electron chi connectivity index (χ2n) is 14.0. The van der Waals surface area contributed by atoms with Crippen molar-refractivity contribution >= 4 is 23.5 Å². The van der Waals surface area contributed by atoms with Gasteiger partial charge in [-0.15, -0.1) is 23.5 Å². The summed E-state index contributed by atoms with van der Waals surface area (Å²) >= 11 is 3.93. The van der Waals surface area contributed by atoms with Crippen LogP contribution in [0.2, 0.25) is 0 Å². The summed E-state index contributed by atoms with van der Waals surface area (Å²) in [5, 5.41) is 25.8. The molecule has 0 aromatic carbocycles. The van der Waals surface area contributed by atoms with Crippen LogP contribution in [0.3, 0.4) is 0 Å². The minimum atomic E-state index is -0.0691. The molecule has 2 saturated carbocycles. The molecule has 184 valence electrons. The van der Waals surface area contributed by atoms with Crippen LogP contribution in [-0.2, 0) is 0 Å². The highest BCUT2D eigenvalue weighted by atomic mass is 32.2. The number of nitrogens with zero attached hydrogens (tertiary/aromatic N) is 2. The number of rotatable bonds is 4. The quantitative estimate of drug-likeness (QED) is 0.181. The molecule has 0 aromatic rings. The molecule has 2 aliphatic heterocycles. The summed E-state index contributed by atoms with van der Waals surface area (Å²) in [6, 6.07) is 0. The van der Waals surface area contributed by atoms with Crippen LogP contribution in [0, 0.1) is 33.1 Å².